The number of rotatable bonds is 4. The highest BCUT2D eigenvalue weighted by atomic mass is 32.2. The third-order valence-electron chi connectivity index (χ3n) is 5.81. The normalized spacial score (nSPS) is 23.1. The van der Waals surface area contributed by atoms with E-state index < -0.39 is 14.6 Å². The van der Waals surface area contributed by atoms with Gasteiger partial charge in [0.15, 0.2) is 9.84 Å². The van der Waals surface area contributed by atoms with E-state index in [9.17, 15) is 13.2 Å². The standard InChI is InChI=1S/C20H31N3O3S/c1-20(2)16-23(14-15-27(20,25)26)19(24)21-18-9-12-22(13-10-18)11-8-17-6-4-3-5-7-17/h3-7,18H,8-16H2,1-2H3,(H,21,24). The molecule has 27 heavy (non-hydrogen) atoms. The quantitative estimate of drug-likeness (QED) is 0.848. The van der Waals surface area contributed by atoms with Crippen LogP contribution in [0.5, 0.6) is 0 Å². The van der Waals surface area contributed by atoms with Crippen molar-refractivity contribution in [1.29, 1.82) is 0 Å². The summed E-state index contributed by atoms with van der Waals surface area (Å²) in [5, 5.41) is 3.11. The number of hydrogen-bond donors (Lipinski definition) is 1. The number of nitrogens with zero attached hydrogens (tertiary/aromatic N) is 2. The predicted molar refractivity (Wildman–Crippen MR) is 108 cm³/mol. The third kappa shape index (κ3) is 5.02. The topological polar surface area (TPSA) is 69.7 Å². The van der Waals surface area contributed by atoms with Crippen molar-refractivity contribution >= 4 is 15.9 Å². The van der Waals surface area contributed by atoms with Gasteiger partial charge in [0, 0.05) is 38.8 Å². The first-order valence-electron chi connectivity index (χ1n) is 9.81. The van der Waals surface area contributed by atoms with Crippen molar-refractivity contribution in [2.45, 2.75) is 43.9 Å². The molecule has 150 valence electrons. The molecule has 7 heteroatoms. The maximum atomic E-state index is 12.6. The molecule has 0 atom stereocenters. The van der Waals surface area contributed by atoms with Crippen LogP contribution in [0, 0.1) is 0 Å². The molecule has 0 aliphatic carbocycles. The number of carbonyl (C=O) groups is 1. The van der Waals surface area contributed by atoms with Crippen LogP contribution in [-0.4, -0.2) is 73.5 Å². The van der Waals surface area contributed by atoms with E-state index in [-0.39, 0.29) is 30.9 Å². The fraction of sp³-hybridized carbons (Fsp3) is 0.650. The van der Waals surface area contributed by atoms with Crippen molar-refractivity contribution in [2.75, 3.05) is 38.5 Å². The summed E-state index contributed by atoms with van der Waals surface area (Å²) >= 11 is 0. The van der Waals surface area contributed by atoms with E-state index in [1.54, 1.807) is 18.7 Å². The maximum Gasteiger partial charge on any atom is 0.317 e. The highest BCUT2D eigenvalue weighted by Crippen LogP contribution is 2.24. The van der Waals surface area contributed by atoms with Gasteiger partial charge in [-0.2, -0.15) is 0 Å². The van der Waals surface area contributed by atoms with Crippen molar-refractivity contribution in [3.63, 3.8) is 0 Å². The zero-order valence-corrected chi connectivity index (χ0v) is 17.2. The van der Waals surface area contributed by atoms with Crippen LogP contribution < -0.4 is 5.32 Å². The Hall–Kier alpha value is -1.60. The number of likely N-dealkylation sites (tertiary alicyclic amines) is 1. The molecule has 0 aromatic heterocycles. The zero-order valence-electron chi connectivity index (χ0n) is 16.4. The summed E-state index contributed by atoms with van der Waals surface area (Å²) < 4.78 is 23.3. The van der Waals surface area contributed by atoms with Gasteiger partial charge in [-0.3, -0.25) is 0 Å². The first-order valence-corrected chi connectivity index (χ1v) is 11.5. The summed E-state index contributed by atoms with van der Waals surface area (Å²) in [7, 11) is -3.13. The Morgan fingerprint density at radius 2 is 1.81 bits per heavy atom. The molecule has 0 saturated carbocycles. The first-order chi connectivity index (χ1) is 12.8. The summed E-state index contributed by atoms with van der Waals surface area (Å²) in [6, 6.07) is 10.6. The van der Waals surface area contributed by atoms with E-state index in [1.165, 1.54) is 5.56 Å². The number of hydrogen-bond acceptors (Lipinski definition) is 4. The number of urea groups is 1. The lowest BCUT2D eigenvalue weighted by molar-refractivity contribution is 0.169. The second-order valence-electron chi connectivity index (χ2n) is 8.30. The average molecular weight is 394 g/mol. The fourth-order valence-corrected chi connectivity index (χ4v) is 5.18. The van der Waals surface area contributed by atoms with Crippen molar-refractivity contribution in [3.05, 3.63) is 35.9 Å². The molecule has 2 fully saturated rings. The lowest BCUT2D eigenvalue weighted by Crippen LogP contribution is -2.58. The molecule has 1 N–H and O–H groups in total. The summed E-state index contributed by atoms with van der Waals surface area (Å²) in [5.74, 6) is 0.0470. The SMILES string of the molecule is CC1(C)CN(C(=O)NC2CCN(CCc3ccccc3)CC2)CCS1(=O)=O. The van der Waals surface area contributed by atoms with Crippen LogP contribution in [0.3, 0.4) is 0 Å². The van der Waals surface area contributed by atoms with Crippen LogP contribution >= 0.6 is 0 Å². The number of piperidine rings is 1. The minimum Gasteiger partial charge on any atom is -0.335 e. The van der Waals surface area contributed by atoms with E-state index >= 15 is 0 Å². The Morgan fingerprint density at radius 3 is 2.44 bits per heavy atom. The minimum atomic E-state index is -3.13. The summed E-state index contributed by atoms with van der Waals surface area (Å²) in [5.41, 5.74) is 1.36. The Balaban J connectivity index is 1.42. The molecular formula is C20H31N3O3S. The molecule has 3 rings (SSSR count). The molecule has 2 aliphatic rings. The molecule has 0 spiro atoms. The maximum absolute atomic E-state index is 12.6. The molecule has 0 bridgehead atoms. The second-order valence-corrected chi connectivity index (χ2v) is 11.0. The smallest absolute Gasteiger partial charge is 0.317 e. The van der Waals surface area contributed by atoms with Crippen molar-refractivity contribution in [2.24, 2.45) is 0 Å². The Labute approximate surface area is 162 Å². The Kier molecular flexibility index (Phi) is 6.11. The first kappa shape index (κ1) is 20.1. The van der Waals surface area contributed by atoms with Crippen LogP contribution in [0.25, 0.3) is 0 Å². The van der Waals surface area contributed by atoms with Crippen molar-refractivity contribution in [3.8, 4) is 0 Å². The molecule has 0 radical (unpaired) electrons. The van der Waals surface area contributed by atoms with Gasteiger partial charge in [-0.05, 0) is 38.7 Å². The summed E-state index contributed by atoms with van der Waals surface area (Å²) in [6.45, 7) is 6.96. The Morgan fingerprint density at radius 1 is 1.15 bits per heavy atom. The monoisotopic (exact) mass is 393 g/mol. The number of amides is 2. The third-order valence-corrected chi connectivity index (χ3v) is 8.34. The van der Waals surface area contributed by atoms with Gasteiger partial charge in [-0.15, -0.1) is 0 Å². The van der Waals surface area contributed by atoms with Gasteiger partial charge in [0.2, 0.25) is 0 Å². The fourth-order valence-electron chi connectivity index (χ4n) is 3.82. The van der Waals surface area contributed by atoms with Gasteiger partial charge in [0.1, 0.15) is 0 Å². The van der Waals surface area contributed by atoms with Crippen LogP contribution in [-0.2, 0) is 16.3 Å². The van der Waals surface area contributed by atoms with Crippen LogP contribution in [0.1, 0.15) is 32.3 Å². The number of sulfone groups is 1. The van der Waals surface area contributed by atoms with Crippen LogP contribution in [0.4, 0.5) is 4.79 Å². The van der Waals surface area contributed by atoms with Gasteiger partial charge in [-0.25, -0.2) is 13.2 Å². The van der Waals surface area contributed by atoms with Crippen LogP contribution in [0.15, 0.2) is 30.3 Å². The molecule has 2 saturated heterocycles. The highest BCUT2D eigenvalue weighted by Gasteiger charge is 2.41. The zero-order chi connectivity index (χ0) is 19.5. The highest BCUT2D eigenvalue weighted by molar-refractivity contribution is 7.92. The summed E-state index contributed by atoms with van der Waals surface area (Å²) in [4.78, 5) is 16.7. The van der Waals surface area contributed by atoms with Crippen molar-refractivity contribution in [1.82, 2.24) is 15.1 Å². The minimum absolute atomic E-state index is 0.0470. The van der Waals surface area contributed by atoms with Crippen molar-refractivity contribution < 1.29 is 13.2 Å². The predicted octanol–water partition coefficient (Wildman–Crippen LogP) is 1.91. The largest absolute Gasteiger partial charge is 0.335 e. The van der Waals surface area contributed by atoms with Gasteiger partial charge in [-0.1, -0.05) is 30.3 Å². The number of carbonyl (C=O) groups excluding carboxylic acids is 1. The molecule has 2 aliphatic heterocycles. The van der Waals surface area contributed by atoms with E-state index in [2.05, 4.69) is 34.5 Å². The Bertz CT molecular complexity index is 741. The lowest BCUT2D eigenvalue weighted by Gasteiger charge is -2.39. The molecule has 2 heterocycles. The van der Waals surface area contributed by atoms with Gasteiger partial charge in [0.05, 0.1) is 10.5 Å². The van der Waals surface area contributed by atoms with Gasteiger partial charge >= 0.3 is 6.03 Å². The van der Waals surface area contributed by atoms with E-state index in [0.717, 1.165) is 38.9 Å². The number of nitrogens with one attached hydrogen (secondary N) is 1. The average Bonchev–Trinajstić information content (AvgIpc) is 2.64. The molecular weight excluding hydrogens is 362 g/mol. The van der Waals surface area contributed by atoms with E-state index in [0.29, 0.717) is 0 Å². The van der Waals surface area contributed by atoms with E-state index in [4.69, 9.17) is 0 Å². The van der Waals surface area contributed by atoms with Crippen LogP contribution in [0.2, 0.25) is 0 Å². The molecule has 1 aromatic carbocycles. The van der Waals surface area contributed by atoms with Gasteiger partial charge in [0.25, 0.3) is 0 Å². The van der Waals surface area contributed by atoms with E-state index in [1.807, 2.05) is 6.07 Å². The molecule has 1 aromatic rings. The summed E-state index contributed by atoms with van der Waals surface area (Å²) in [6.07, 6.45) is 2.93. The van der Waals surface area contributed by atoms with Gasteiger partial charge < -0.3 is 15.1 Å². The lowest BCUT2D eigenvalue weighted by atomic mass is 10.0. The number of benzene rings is 1. The molecule has 0 unspecified atom stereocenters. The molecule has 2 amide bonds. The second kappa shape index (κ2) is 8.19. The molecule has 6 nitrogen and oxygen atoms in total.